The number of esters is 1. The third-order valence-corrected chi connectivity index (χ3v) is 2.63. The number of hydrogen-bond donors (Lipinski definition) is 1. The lowest BCUT2D eigenvalue weighted by atomic mass is 10.1. The van der Waals surface area contributed by atoms with Gasteiger partial charge in [0.25, 0.3) is 0 Å². The molecule has 76 valence electrons. The summed E-state index contributed by atoms with van der Waals surface area (Å²) in [5.74, 6) is -0.436. The normalized spacial score (nSPS) is 12.3. The van der Waals surface area contributed by atoms with Crippen LogP contribution in [0.25, 0.3) is 0 Å². The van der Waals surface area contributed by atoms with E-state index in [-0.39, 0.29) is 0 Å². The second kappa shape index (κ2) is 4.57. The Hall–Kier alpha value is -0.870. The molecule has 0 aliphatic rings. The molecule has 3 nitrogen and oxygen atoms in total. The molecule has 0 aromatic heterocycles. The summed E-state index contributed by atoms with van der Waals surface area (Å²) in [6.07, 6.45) is 0. The van der Waals surface area contributed by atoms with Crippen molar-refractivity contribution in [2.24, 2.45) is 5.73 Å². The van der Waals surface area contributed by atoms with Gasteiger partial charge in [-0.3, -0.25) is 4.79 Å². The molecule has 0 bridgehead atoms. The summed E-state index contributed by atoms with van der Waals surface area (Å²) >= 11 is 3.36. The van der Waals surface area contributed by atoms with Gasteiger partial charge >= 0.3 is 5.97 Å². The summed E-state index contributed by atoms with van der Waals surface area (Å²) in [5, 5.41) is 0. The maximum absolute atomic E-state index is 11.2. The molecule has 1 aromatic rings. The molecule has 0 saturated heterocycles. The molecule has 0 radical (unpaired) electrons. The lowest BCUT2D eigenvalue weighted by Crippen LogP contribution is -2.22. The van der Waals surface area contributed by atoms with Crippen LogP contribution in [0.2, 0.25) is 0 Å². The van der Waals surface area contributed by atoms with Crippen LogP contribution in [-0.4, -0.2) is 13.1 Å². The van der Waals surface area contributed by atoms with Gasteiger partial charge in [0, 0.05) is 4.47 Å². The summed E-state index contributed by atoms with van der Waals surface area (Å²) in [7, 11) is 1.32. The fourth-order valence-electron chi connectivity index (χ4n) is 1.14. The summed E-state index contributed by atoms with van der Waals surface area (Å²) < 4.78 is 5.40. The van der Waals surface area contributed by atoms with Crippen LogP contribution in [0.1, 0.15) is 17.2 Å². The molecule has 1 rings (SSSR count). The number of carbonyl (C=O) groups excluding carboxylic acids is 1. The monoisotopic (exact) mass is 257 g/mol. The number of nitrogens with two attached hydrogens (primary N) is 1. The average Bonchev–Trinajstić information content (AvgIpc) is 2.15. The standard InChI is InChI=1S/C10H12BrNO2/c1-6-3-4-7(8(11)5-6)9(12)10(13)14-2/h3-5,9H,12H2,1-2H3. The minimum atomic E-state index is -0.727. The van der Waals surface area contributed by atoms with E-state index < -0.39 is 12.0 Å². The molecule has 1 aromatic carbocycles. The smallest absolute Gasteiger partial charge is 0.327 e. The summed E-state index contributed by atoms with van der Waals surface area (Å²) in [6.45, 7) is 1.97. The fraction of sp³-hybridized carbons (Fsp3) is 0.300. The SMILES string of the molecule is COC(=O)C(N)c1ccc(C)cc1Br. The second-order valence-electron chi connectivity index (χ2n) is 3.03. The van der Waals surface area contributed by atoms with Gasteiger partial charge in [-0.15, -0.1) is 0 Å². The molecule has 0 aliphatic carbocycles. The topological polar surface area (TPSA) is 52.3 Å². The van der Waals surface area contributed by atoms with Crippen molar-refractivity contribution in [1.29, 1.82) is 0 Å². The molecule has 0 spiro atoms. The molecule has 1 atom stereocenters. The minimum absolute atomic E-state index is 0.436. The van der Waals surface area contributed by atoms with Crippen molar-refractivity contribution in [1.82, 2.24) is 0 Å². The third kappa shape index (κ3) is 2.33. The maximum Gasteiger partial charge on any atom is 0.327 e. The number of ether oxygens (including phenoxy) is 1. The molecule has 14 heavy (non-hydrogen) atoms. The second-order valence-corrected chi connectivity index (χ2v) is 3.88. The van der Waals surface area contributed by atoms with Gasteiger partial charge < -0.3 is 10.5 Å². The van der Waals surface area contributed by atoms with Gasteiger partial charge in [0.1, 0.15) is 6.04 Å². The van der Waals surface area contributed by atoms with Gasteiger partial charge in [-0.25, -0.2) is 0 Å². The quantitative estimate of drug-likeness (QED) is 0.824. The highest BCUT2D eigenvalue weighted by Gasteiger charge is 2.18. The predicted octanol–water partition coefficient (Wildman–Crippen LogP) is 1.93. The number of aryl methyl sites for hydroxylation is 1. The zero-order valence-corrected chi connectivity index (χ0v) is 9.67. The molecule has 0 fully saturated rings. The average molecular weight is 258 g/mol. The molecule has 4 heteroatoms. The first-order valence-electron chi connectivity index (χ1n) is 4.15. The molecule has 0 aliphatic heterocycles. The molecular formula is C10H12BrNO2. The first-order valence-corrected chi connectivity index (χ1v) is 4.95. The lowest BCUT2D eigenvalue weighted by molar-refractivity contribution is -0.142. The van der Waals surface area contributed by atoms with E-state index in [1.165, 1.54) is 7.11 Å². The molecule has 2 N–H and O–H groups in total. The van der Waals surface area contributed by atoms with Gasteiger partial charge in [-0.05, 0) is 24.1 Å². The van der Waals surface area contributed by atoms with Crippen LogP contribution >= 0.6 is 15.9 Å². The number of methoxy groups -OCH3 is 1. The fourth-order valence-corrected chi connectivity index (χ4v) is 1.88. The highest BCUT2D eigenvalue weighted by molar-refractivity contribution is 9.10. The zero-order valence-electron chi connectivity index (χ0n) is 8.08. The van der Waals surface area contributed by atoms with Crippen molar-refractivity contribution in [2.45, 2.75) is 13.0 Å². The van der Waals surface area contributed by atoms with Crippen LogP contribution < -0.4 is 5.73 Å². The molecule has 0 saturated carbocycles. The molecule has 1 unspecified atom stereocenters. The van der Waals surface area contributed by atoms with Crippen LogP contribution in [0.4, 0.5) is 0 Å². The summed E-state index contributed by atoms with van der Waals surface area (Å²) in [4.78, 5) is 11.2. The van der Waals surface area contributed by atoms with Crippen LogP contribution in [0, 0.1) is 6.92 Å². The Kier molecular flexibility index (Phi) is 3.66. The van der Waals surface area contributed by atoms with Crippen LogP contribution in [0.3, 0.4) is 0 Å². The zero-order chi connectivity index (χ0) is 10.7. The van der Waals surface area contributed by atoms with Crippen molar-refractivity contribution in [3.05, 3.63) is 33.8 Å². The predicted molar refractivity (Wildman–Crippen MR) is 57.8 cm³/mol. The van der Waals surface area contributed by atoms with Crippen LogP contribution in [-0.2, 0) is 9.53 Å². The Balaban J connectivity index is 3.01. The van der Waals surface area contributed by atoms with Gasteiger partial charge in [0.05, 0.1) is 7.11 Å². The Morgan fingerprint density at radius 2 is 2.21 bits per heavy atom. The Labute approximate surface area is 91.4 Å². The number of halogens is 1. The first kappa shape index (κ1) is 11.2. The van der Waals surface area contributed by atoms with Gasteiger partial charge in [-0.1, -0.05) is 28.1 Å². The van der Waals surface area contributed by atoms with Crippen molar-refractivity contribution in [2.75, 3.05) is 7.11 Å². The van der Waals surface area contributed by atoms with Crippen molar-refractivity contribution in [3.63, 3.8) is 0 Å². The highest BCUT2D eigenvalue weighted by atomic mass is 79.9. The number of carbonyl (C=O) groups is 1. The van der Waals surface area contributed by atoms with E-state index in [1.807, 2.05) is 25.1 Å². The van der Waals surface area contributed by atoms with E-state index in [1.54, 1.807) is 0 Å². The molecule has 0 amide bonds. The van der Waals surface area contributed by atoms with E-state index in [0.29, 0.717) is 0 Å². The van der Waals surface area contributed by atoms with Crippen LogP contribution in [0.5, 0.6) is 0 Å². The number of hydrogen-bond acceptors (Lipinski definition) is 3. The van der Waals surface area contributed by atoms with Gasteiger partial charge in [-0.2, -0.15) is 0 Å². The van der Waals surface area contributed by atoms with E-state index in [2.05, 4.69) is 20.7 Å². The van der Waals surface area contributed by atoms with Crippen LogP contribution in [0.15, 0.2) is 22.7 Å². The Morgan fingerprint density at radius 1 is 1.57 bits per heavy atom. The molecule has 0 heterocycles. The van der Waals surface area contributed by atoms with E-state index in [0.717, 1.165) is 15.6 Å². The number of rotatable bonds is 2. The Morgan fingerprint density at radius 3 is 2.71 bits per heavy atom. The van der Waals surface area contributed by atoms with Crippen molar-refractivity contribution < 1.29 is 9.53 Å². The van der Waals surface area contributed by atoms with E-state index in [9.17, 15) is 4.79 Å². The summed E-state index contributed by atoms with van der Waals surface area (Å²) in [6, 6.07) is 4.91. The largest absolute Gasteiger partial charge is 0.468 e. The van der Waals surface area contributed by atoms with E-state index in [4.69, 9.17) is 5.73 Å². The first-order chi connectivity index (χ1) is 6.56. The van der Waals surface area contributed by atoms with Gasteiger partial charge in [0.15, 0.2) is 0 Å². The van der Waals surface area contributed by atoms with E-state index >= 15 is 0 Å². The third-order valence-electron chi connectivity index (χ3n) is 1.95. The van der Waals surface area contributed by atoms with Crippen molar-refractivity contribution >= 4 is 21.9 Å². The minimum Gasteiger partial charge on any atom is -0.468 e. The van der Waals surface area contributed by atoms with Gasteiger partial charge in [0.2, 0.25) is 0 Å². The lowest BCUT2D eigenvalue weighted by Gasteiger charge is -2.11. The highest BCUT2D eigenvalue weighted by Crippen LogP contribution is 2.23. The number of benzene rings is 1. The maximum atomic E-state index is 11.2. The molecular weight excluding hydrogens is 246 g/mol. The summed E-state index contributed by atoms with van der Waals surface area (Å²) in [5.41, 5.74) is 7.54. The Bertz CT molecular complexity index is 352. The van der Waals surface area contributed by atoms with Crippen molar-refractivity contribution in [3.8, 4) is 0 Å².